The molecule has 0 N–H and O–H groups in total. The molecular formula is C18H23NO3S. The minimum atomic E-state index is -0.491. The number of nitrogens with zero attached hydrogens (tertiary/aromatic N) is 1. The number of hydrogen-bond acceptors (Lipinski definition) is 5. The molecule has 1 aromatic rings. The lowest BCUT2D eigenvalue weighted by Gasteiger charge is -2.28. The van der Waals surface area contributed by atoms with Crippen LogP contribution in [0.4, 0.5) is 0 Å². The summed E-state index contributed by atoms with van der Waals surface area (Å²) in [6.07, 6.45) is 8.02. The molecule has 3 rings (SSSR count). The smallest absolute Gasteiger partial charge is 0.235 e. The number of rotatable bonds is 5. The van der Waals surface area contributed by atoms with Crippen LogP contribution in [0.2, 0.25) is 0 Å². The molecule has 1 aliphatic carbocycles. The average molecular weight is 333 g/mol. The zero-order chi connectivity index (χ0) is 16.1. The second-order valence-electron chi connectivity index (χ2n) is 6.21. The van der Waals surface area contributed by atoms with Crippen LogP contribution in [0, 0.1) is 0 Å². The summed E-state index contributed by atoms with van der Waals surface area (Å²) in [5.41, 5.74) is 0.470. The van der Waals surface area contributed by atoms with Gasteiger partial charge in [0.1, 0.15) is 11.6 Å². The third kappa shape index (κ3) is 3.41. The topological polar surface area (TPSA) is 47.9 Å². The van der Waals surface area contributed by atoms with Gasteiger partial charge in [-0.3, -0.25) is 0 Å². The van der Waals surface area contributed by atoms with Gasteiger partial charge >= 0.3 is 0 Å². The zero-order valence-corrected chi connectivity index (χ0v) is 14.4. The Morgan fingerprint density at radius 1 is 1.26 bits per heavy atom. The second kappa shape index (κ2) is 7.41. The molecule has 2 aliphatic rings. The summed E-state index contributed by atoms with van der Waals surface area (Å²) >= 11 is 1.98. The van der Waals surface area contributed by atoms with Gasteiger partial charge in [0.2, 0.25) is 6.08 Å². The van der Waals surface area contributed by atoms with Crippen LogP contribution in [0.25, 0.3) is 0 Å². The maximum absolute atomic E-state index is 11.0. The van der Waals surface area contributed by atoms with Gasteiger partial charge in [-0.05, 0) is 43.3 Å². The first-order chi connectivity index (χ1) is 11.3. The standard InChI is InChI=1S/C18H23NO3S/c1-21-17-15(18(19-13-20)9-2-3-10-18)5-4-6-16(17)22-14-7-11-23-12-8-14/h4-6,14H,2-3,7-12H2,1H3. The number of ether oxygens (including phenoxy) is 2. The van der Waals surface area contributed by atoms with Gasteiger partial charge in [-0.25, -0.2) is 4.79 Å². The van der Waals surface area contributed by atoms with Gasteiger partial charge in [0, 0.05) is 5.56 Å². The number of para-hydroxylation sites is 1. The first-order valence-corrected chi connectivity index (χ1v) is 9.45. The minimum absolute atomic E-state index is 0.245. The van der Waals surface area contributed by atoms with Crippen LogP contribution >= 0.6 is 11.8 Å². The molecule has 0 spiro atoms. The van der Waals surface area contributed by atoms with E-state index in [0.29, 0.717) is 0 Å². The van der Waals surface area contributed by atoms with Crippen LogP contribution < -0.4 is 9.47 Å². The molecule has 0 radical (unpaired) electrons. The lowest BCUT2D eigenvalue weighted by atomic mass is 9.88. The van der Waals surface area contributed by atoms with E-state index in [1.54, 1.807) is 13.2 Å². The summed E-state index contributed by atoms with van der Waals surface area (Å²) in [6, 6.07) is 5.94. The molecule has 0 atom stereocenters. The van der Waals surface area contributed by atoms with Gasteiger partial charge in [-0.2, -0.15) is 16.8 Å². The number of methoxy groups -OCH3 is 1. The van der Waals surface area contributed by atoms with Crippen molar-refractivity contribution in [2.24, 2.45) is 4.99 Å². The molecular weight excluding hydrogens is 310 g/mol. The molecule has 1 saturated heterocycles. The Balaban J connectivity index is 1.94. The van der Waals surface area contributed by atoms with Gasteiger partial charge in [0.25, 0.3) is 0 Å². The minimum Gasteiger partial charge on any atom is -0.492 e. The third-order valence-electron chi connectivity index (χ3n) is 4.84. The fraction of sp³-hybridized carbons (Fsp3) is 0.611. The van der Waals surface area contributed by atoms with Crippen molar-refractivity contribution >= 4 is 17.8 Å². The van der Waals surface area contributed by atoms with Crippen LogP contribution in [-0.4, -0.2) is 30.8 Å². The Hall–Kier alpha value is -1.45. The predicted molar refractivity (Wildman–Crippen MR) is 92.2 cm³/mol. The van der Waals surface area contributed by atoms with Crippen molar-refractivity contribution in [3.63, 3.8) is 0 Å². The highest BCUT2D eigenvalue weighted by Crippen LogP contribution is 2.48. The van der Waals surface area contributed by atoms with Crippen molar-refractivity contribution < 1.29 is 14.3 Å². The maximum atomic E-state index is 11.0. The van der Waals surface area contributed by atoms with Crippen molar-refractivity contribution in [1.82, 2.24) is 0 Å². The largest absolute Gasteiger partial charge is 0.492 e. The van der Waals surface area contributed by atoms with Crippen LogP contribution in [0.3, 0.4) is 0 Å². The molecule has 0 amide bonds. The summed E-state index contributed by atoms with van der Waals surface area (Å²) in [6.45, 7) is 0. The molecule has 23 heavy (non-hydrogen) atoms. The Morgan fingerprint density at radius 2 is 2.00 bits per heavy atom. The van der Waals surface area contributed by atoms with Crippen molar-refractivity contribution in [2.75, 3.05) is 18.6 Å². The first kappa shape index (κ1) is 16.4. The highest BCUT2D eigenvalue weighted by molar-refractivity contribution is 7.99. The summed E-state index contributed by atoms with van der Waals surface area (Å²) in [5, 5.41) is 0. The Morgan fingerprint density at radius 3 is 2.65 bits per heavy atom. The van der Waals surface area contributed by atoms with E-state index in [9.17, 15) is 4.79 Å². The van der Waals surface area contributed by atoms with Crippen molar-refractivity contribution in [1.29, 1.82) is 0 Å². The molecule has 1 aromatic carbocycles. The molecule has 0 unspecified atom stereocenters. The lowest BCUT2D eigenvalue weighted by Crippen LogP contribution is -2.24. The molecule has 1 saturated carbocycles. The summed E-state index contributed by atoms with van der Waals surface area (Å²) in [5.74, 6) is 3.79. The van der Waals surface area contributed by atoms with Crippen LogP contribution in [0.5, 0.6) is 11.5 Å². The maximum Gasteiger partial charge on any atom is 0.235 e. The quantitative estimate of drug-likeness (QED) is 0.602. The van der Waals surface area contributed by atoms with Crippen LogP contribution in [-0.2, 0) is 10.3 Å². The first-order valence-electron chi connectivity index (χ1n) is 8.30. The van der Waals surface area contributed by atoms with E-state index in [0.717, 1.165) is 67.1 Å². The van der Waals surface area contributed by atoms with Crippen LogP contribution in [0.15, 0.2) is 23.2 Å². The number of hydrogen-bond donors (Lipinski definition) is 0. The number of carbonyl (C=O) groups excluding carboxylic acids is 1. The average Bonchev–Trinajstić information content (AvgIpc) is 3.06. The second-order valence-corrected chi connectivity index (χ2v) is 7.43. The predicted octanol–water partition coefficient (Wildman–Crippen LogP) is 4.07. The zero-order valence-electron chi connectivity index (χ0n) is 13.5. The molecule has 4 nitrogen and oxygen atoms in total. The van der Waals surface area contributed by atoms with Gasteiger partial charge in [-0.1, -0.05) is 25.0 Å². The summed E-state index contributed by atoms with van der Waals surface area (Å²) in [7, 11) is 1.66. The van der Waals surface area contributed by atoms with Gasteiger partial charge in [-0.15, -0.1) is 0 Å². The van der Waals surface area contributed by atoms with E-state index in [4.69, 9.17) is 9.47 Å². The van der Waals surface area contributed by atoms with E-state index in [1.807, 2.05) is 30.0 Å². The molecule has 5 heteroatoms. The van der Waals surface area contributed by atoms with E-state index in [-0.39, 0.29) is 6.10 Å². The van der Waals surface area contributed by atoms with Crippen LogP contribution in [0.1, 0.15) is 44.1 Å². The number of isocyanates is 1. The van der Waals surface area contributed by atoms with Gasteiger partial charge in [0.05, 0.1) is 7.11 Å². The fourth-order valence-electron chi connectivity index (χ4n) is 3.65. The molecule has 1 aliphatic heterocycles. The highest BCUT2D eigenvalue weighted by atomic mass is 32.2. The van der Waals surface area contributed by atoms with Crippen molar-refractivity contribution in [3.05, 3.63) is 23.8 Å². The summed E-state index contributed by atoms with van der Waals surface area (Å²) < 4.78 is 11.9. The highest BCUT2D eigenvalue weighted by Gasteiger charge is 2.39. The SMILES string of the molecule is COc1c(OC2CCSCC2)cccc1C1(N=C=O)CCCC1. The number of benzene rings is 1. The number of thioether (sulfide) groups is 1. The van der Waals surface area contributed by atoms with E-state index >= 15 is 0 Å². The molecule has 2 fully saturated rings. The molecule has 0 aromatic heterocycles. The van der Waals surface area contributed by atoms with Gasteiger partial charge < -0.3 is 9.47 Å². The Labute approximate surface area is 141 Å². The Bertz CT molecular complexity index is 586. The van der Waals surface area contributed by atoms with Crippen molar-refractivity contribution in [2.45, 2.75) is 50.2 Å². The third-order valence-corrected chi connectivity index (χ3v) is 5.89. The summed E-state index contributed by atoms with van der Waals surface area (Å²) in [4.78, 5) is 15.2. The van der Waals surface area contributed by atoms with E-state index in [2.05, 4.69) is 4.99 Å². The molecule has 0 bridgehead atoms. The number of aliphatic imine (C=N–C) groups is 1. The van der Waals surface area contributed by atoms with Crippen molar-refractivity contribution in [3.8, 4) is 11.5 Å². The lowest BCUT2D eigenvalue weighted by molar-refractivity contribution is 0.183. The van der Waals surface area contributed by atoms with E-state index in [1.165, 1.54) is 0 Å². The monoisotopic (exact) mass is 333 g/mol. The Kier molecular flexibility index (Phi) is 5.29. The molecule has 124 valence electrons. The van der Waals surface area contributed by atoms with E-state index < -0.39 is 5.54 Å². The normalized spacial score (nSPS) is 20.7. The fourth-order valence-corrected chi connectivity index (χ4v) is 4.71. The molecule has 1 heterocycles. The van der Waals surface area contributed by atoms with Gasteiger partial charge in [0.15, 0.2) is 11.5 Å².